The molecule has 0 saturated carbocycles. The minimum atomic E-state index is -0.630. The molecule has 4 rings (SSSR count). The molecule has 3 N–H and O–H groups in total. The fraction of sp³-hybridized carbons (Fsp3) is 0.409. The Morgan fingerprint density at radius 3 is 2.70 bits per heavy atom. The number of hydrogen-bond donors (Lipinski definition) is 2. The molecule has 3 aromatic rings. The first-order valence-electron chi connectivity index (χ1n) is 9.91. The van der Waals surface area contributed by atoms with Crippen LogP contribution in [0.15, 0.2) is 28.8 Å². The van der Waals surface area contributed by atoms with Crippen molar-refractivity contribution in [2.45, 2.75) is 38.7 Å². The molecule has 1 aliphatic heterocycles. The second kappa shape index (κ2) is 8.04. The van der Waals surface area contributed by atoms with Crippen molar-refractivity contribution in [2.24, 2.45) is 5.73 Å². The van der Waals surface area contributed by atoms with Crippen molar-refractivity contribution in [3.05, 3.63) is 52.8 Å². The Hall–Kier alpha value is -2.97. The lowest BCUT2D eigenvalue weighted by Crippen LogP contribution is -2.38. The summed E-state index contributed by atoms with van der Waals surface area (Å²) in [6, 6.07) is 5.37. The highest BCUT2D eigenvalue weighted by Crippen LogP contribution is 2.46. The molecule has 0 atom stereocenters. The first-order valence-corrected chi connectivity index (χ1v) is 9.91. The Bertz CT molecular complexity index is 1090. The van der Waals surface area contributed by atoms with Crippen molar-refractivity contribution < 1.29 is 23.8 Å². The molecule has 0 spiro atoms. The summed E-state index contributed by atoms with van der Waals surface area (Å²) in [5, 5.41) is 11.1. The Kier molecular flexibility index (Phi) is 5.44. The lowest BCUT2D eigenvalue weighted by molar-refractivity contribution is 0.0246. The highest BCUT2D eigenvalue weighted by molar-refractivity contribution is 6.08. The maximum atomic E-state index is 12.3. The number of fused-ring (bicyclic) bond motifs is 1. The van der Waals surface area contributed by atoms with Gasteiger partial charge in [0.05, 0.1) is 17.9 Å². The van der Waals surface area contributed by atoms with Gasteiger partial charge in [0, 0.05) is 35.8 Å². The summed E-state index contributed by atoms with van der Waals surface area (Å²) in [6.45, 7) is 4.65. The second-order valence-corrected chi connectivity index (χ2v) is 7.64. The highest BCUT2D eigenvalue weighted by atomic mass is 16.5. The minimum Gasteiger partial charge on any atom is -0.487 e. The van der Waals surface area contributed by atoms with Crippen molar-refractivity contribution >= 4 is 16.9 Å². The van der Waals surface area contributed by atoms with Crippen LogP contribution in [0.5, 0.6) is 5.75 Å². The number of carbonyl (C=O) groups excluding carboxylic acids is 1. The van der Waals surface area contributed by atoms with Gasteiger partial charge >= 0.3 is 0 Å². The molecule has 1 aromatic carbocycles. The average molecular weight is 411 g/mol. The minimum absolute atomic E-state index is 0.110. The van der Waals surface area contributed by atoms with Crippen molar-refractivity contribution in [1.82, 2.24) is 9.97 Å². The number of aromatic nitrogens is 2. The van der Waals surface area contributed by atoms with Crippen molar-refractivity contribution in [2.75, 3.05) is 19.8 Å². The van der Waals surface area contributed by atoms with Crippen LogP contribution in [0.2, 0.25) is 0 Å². The standard InChI is InChI=1S/C22H25N3O5/c1-13-18(21(23)27)19-16(30-13)3-4-17(29-11-15-5-8-24-14(2)25-15)20(19)22(12-26)6-9-28-10-7-22/h3-5,8,26H,6-7,9-12H2,1-2H3,(H2,23,27). The SMILES string of the molecule is Cc1nccc(COc2ccc3oc(C)c(C(N)=O)c3c2C2(CO)CCOCC2)n1. The van der Waals surface area contributed by atoms with Gasteiger partial charge in [-0.2, -0.15) is 0 Å². The topological polar surface area (TPSA) is 121 Å². The monoisotopic (exact) mass is 411 g/mol. The number of nitrogens with zero attached hydrogens (tertiary/aromatic N) is 2. The van der Waals surface area contributed by atoms with E-state index in [2.05, 4.69) is 9.97 Å². The van der Waals surface area contributed by atoms with Gasteiger partial charge in [-0.15, -0.1) is 0 Å². The molecule has 3 heterocycles. The number of nitrogens with two attached hydrogens (primary N) is 1. The first kappa shape index (κ1) is 20.3. The maximum Gasteiger partial charge on any atom is 0.252 e. The molecule has 0 radical (unpaired) electrons. The van der Waals surface area contributed by atoms with Gasteiger partial charge in [-0.3, -0.25) is 4.79 Å². The first-order chi connectivity index (χ1) is 14.4. The molecule has 158 valence electrons. The number of carbonyl (C=O) groups is 1. The normalized spacial score (nSPS) is 16.0. The fourth-order valence-electron chi connectivity index (χ4n) is 4.22. The van der Waals surface area contributed by atoms with Gasteiger partial charge in [0.1, 0.15) is 29.5 Å². The number of aryl methyl sites for hydroxylation is 2. The van der Waals surface area contributed by atoms with Crippen LogP contribution in [0.25, 0.3) is 11.0 Å². The molecule has 1 aliphatic rings. The van der Waals surface area contributed by atoms with Crippen molar-refractivity contribution in [1.29, 1.82) is 0 Å². The smallest absolute Gasteiger partial charge is 0.252 e. The zero-order valence-electron chi connectivity index (χ0n) is 17.1. The molecular weight excluding hydrogens is 386 g/mol. The number of benzene rings is 1. The van der Waals surface area contributed by atoms with Crippen LogP contribution >= 0.6 is 0 Å². The van der Waals surface area contributed by atoms with Gasteiger partial charge in [-0.25, -0.2) is 9.97 Å². The molecular formula is C22H25N3O5. The molecule has 0 unspecified atom stereocenters. The van der Waals surface area contributed by atoms with Crippen LogP contribution in [-0.2, 0) is 16.8 Å². The lowest BCUT2D eigenvalue weighted by Gasteiger charge is -2.37. The van der Waals surface area contributed by atoms with Crippen LogP contribution in [-0.4, -0.2) is 40.8 Å². The van der Waals surface area contributed by atoms with Gasteiger partial charge in [0.25, 0.3) is 5.91 Å². The second-order valence-electron chi connectivity index (χ2n) is 7.64. The van der Waals surface area contributed by atoms with E-state index in [1.54, 1.807) is 25.3 Å². The predicted molar refractivity (Wildman–Crippen MR) is 109 cm³/mol. The summed E-state index contributed by atoms with van der Waals surface area (Å²) >= 11 is 0. The van der Waals surface area contributed by atoms with Crippen LogP contribution in [0.3, 0.4) is 0 Å². The van der Waals surface area contributed by atoms with Gasteiger partial charge in [0.15, 0.2) is 0 Å². The van der Waals surface area contributed by atoms with E-state index in [0.29, 0.717) is 59.9 Å². The molecule has 0 bridgehead atoms. The summed E-state index contributed by atoms with van der Waals surface area (Å²) < 4.78 is 17.5. The Balaban J connectivity index is 1.88. The third-order valence-corrected chi connectivity index (χ3v) is 5.73. The Labute approximate surface area is 174 Å². The predicted octanol–water partition coefficient (Wildman–Crippen LogP) is 2.56. The van der Waals surface area contributed by atoms with E-state index in [4.69, 9.17) is 19.6 Å². The number of amides is 1. The van der Waals surface area contributed by atoms with E-state index in [1.807, 2.05) is 13.0 Å². The Morgan fingerprint density at radius 1 is 1.27 bits per heavy atom. The van der Waals surface area contributed by atoms with Crippen LogP contribution < -0.4 is 10.5 Å². The third kappa shape index (κ3) is 3.53. The largest absolute Gasteiger partial charge is 0.487 e. The summed E-state index contributed by atoms with van der Waals surface area (Å²) in [5.74, 6) is 1.10. The third-order valence-electron chi connectivity index (χ3n) is 5.73. The van der Waals surface area contributed by atoms with E-state index in [1.165, 1.54) is 0 Å². The molecule has 0 aliphatic carbocycles. The van der Waals surface area contributed by atoms with Crippen LogP contribution in [0, 0.1) is 13.8 Å². The molecule has 30 heavy (non-hydrogen) atoms. The summed E-state index contributed by atoms with van der Waals surface area (Å²) in [5.41, 5.74) is 7.40. The summed E-state index contributed by atoms with van der Waals surface area (Å²) in [7, 11) is 0. The molecule has 8 heteroatoms. The van der Waals surface area contributed by atoms with E-state index in [9.17, 15) is 9.90 Å². The molecule has 1 fully saturated rings. The number of ether oxygens (including phenoxy) is 2. The number of aliphatic hydroxyl groups excluding tert-OH is 1. The lowest BCUT2D eigenvalue weighted by atomic mass is 9.72. The van der Waals surface area contributed by atoms with Gasteiger partial charge in [-0.1, -0.05) is 0 Å². The molecule has 2 aromatic heterocycles. The van der Waals surface area contributed by atoms with Crippen LogP contribution in [0.4, 0.5) is 0 Å². The van der Waals surface area contributed by atoms with Gasteiger partial charge in [0.2, 0.25) is 0 Å². The van der Waals surface area contributed by atoms with Crippen molar-refractivity contribution in [3.63, 3.8) is 0 Å². The Morgan fingerprint density at radius 2 is 2.03 bits per heavy atom. The summed E-state index contributed by atoms with van der Waals surface area (Å²) in [4.78, 5) is 20.8. The average Bonchev–Trinajstić information content (AvgIpc) is 3.08. The van der Waals surface area contributed by atoms with E-state index in [-0.39, 0.29) is 13.2 Å². The van der Waals surface area contributed by atoms with Gasteiger partial charge < -0.3 is 24.7 Å². The van der Waals surface area contributed by atoms with Gasteiger partial charge in [-0.05, 0) is 44.9 Å². The maximum absolute atomic E-state index is 12.3. The zero-order chi connectivity index (χ0) is 21.3. The van der Waals surface area contributed by atoms with E-state index >= 15 is 0 Å². The van der Waals surface area contributed by atoms with Crippen molar-refractivity contribution in [3.8, 4) is 5.75 Å². The number of furan rings is 1. The quantitative estimate of drug-likeness (QED) is 0.639. The van der Waals surface area contributed by atoms with Crippen LogP contribution in [0.1, 0.15) is 46.0 Å². The van der Waals surface area contributed by atoms with E-state index < -0.39 is 11.3 Å². The molecule has 1 amide bonds. The number of hydrogen-bond acceptors (Lipinski definition) is 7. The number of rotatable bonds is 6. The highest BCUT2D eigenvalue weighted by Gasteiger charge is 2.40. The molecule has 1 saturated heterocycles. The molecule has 8 nitrogen and oxygen atoms in total. The number of primary amides is 1. The zero-order valence-corrected chi connectivity index (χ0v) is 17.1. The number of aliphatic hydroxyl groups is 1. The van der Waals surface area contributed by atoms with E-state index in [0.717, 1.165) is 11.3 Å². The fourth-order valence-corrected chi connectivity index (χ4v) is 4.22. The summed E-state index contributed by atoms with van der Waals surface area (Å²) in [6.07, 6.45) is 2.87.